The van der Waals surface area contributed by atoms with E-state index in [2.05, 4.69) is 19.9 Å². The van der Waals surface area contributed by atoms with Crippen molar-refractivity contribution in [3.8, 4) is 51.5 Å². The monoisotopic (exact) mass is 619 g/mol. The quantitative estimate of drug-likeness (QED) is 0.177. The normalized spacial score (nSPS) is 11.2. The number of ether oxygens (including phenoxy) is 2. The van der Waals surface area contributed by atoms with E-state index >= 15 is 0 Å². The Balaban J connectivity index is 1.18. The van der Waals surface area contributed by atoms with Gasteiger partial charge in [0.25, 0.3) is 0 Å². The van der Waals surface area contributed by atoms with E-state index in [1.807, 2.05) is 53.1 Å². The minimum absolute atomic E-state index is 0.253. The Morgan fingerprint density at radius 3 is 1.40 bits per heavy atom. The summed E-state index contributed by atoms with van der Waals surface area (Å²) < 4.78 is 43.3. The first-order valence-electron chi connectivity index (χ1n) is 14.7. The van der Waals surface area contributed by atoms with E-state index in [0.29, 0.717) is 40.1 Å². The average Bonchev–Trinajstić information content (AvgIpc) is 3.42. The zero-order valence-corrected chi connectivity index (χ0v) is 24.6. The zero-order chi connectivity index (χ0) is 31.7. The third-order valence-electron chi connectivity index (χ3n) is 7.67. The maximum Gasteiger partial charge on any atom is 0.234 e. The van der Waals surface area contributed by atoms with Crippen molar-refractivity contribution in [1.29, 1.82) is 0 Å². The SMILES string of the molecule is Fc1cccnc1-c1cccc(Oc2ccc3c4ccc(Oc5cccc(-c6ncccc6F)c5)cc4n(-c4ncccn4)c3c2)c1. The predicted molar refractivity (Wildman–Crippen MR) is 176 cm³/mol. The largest absolute Gasteiger partial charge is 0.457 e. The van der Waals surface area contributed by atoms with Crippen LogP contribution in [0.15, 0.2) is 140 Å². The van der Waals surface area contributed by atoms with Crippen LogP contribution in [0.1, 0.15) is 0 Å². The lowest BCUT2D eigenvalue weighted by Gasteiger charge is -2.10. The number of hydrogen-bond donors (Lipinski definition) is 0. The van der Waals surface area contributed by atoms with Crippen molar-refractivity contribution in [3.05, 3.63) is 152 Å². The van der Waals surface area contributed by atoms with Crippen LogP contribution in [-0.4, -0.2) is 24.5 Å². The van der Waals surface area contributed by atoms with E-state index in [9.17, 15) is 8.78 Å². The Hall–Kier alpha value is -6.48. The summed E-state index contributed by atoms with van der Waals surface area (Å²) in [6.07, 6.45) is 6.48. The maximum atomic E-state index is 14.4. The molecule has 0 saturated carbocycles. The highest BCUT2D eigenvalue weighted by Crippen LogP contribution is 2.38. The van der Waals surface area contributed by atoms with Crippen LogP contribution >= 0.6 is 0 Å². The Morgan fingerprint density at radius 1 is 0.447 bits per heavy atom. The molecule has 0 saturated heterocycles. The number of hydrogen-bond acceptors (Lipinski definition) is 6. The summed E-state index contributed by atoms with van der Waals surface area (Å²) in [5.41, 5.74) is 3.36. The summed E-state index contributed by atoms with van der Waals surface area (Å²) >= 11 is 0. The summed E-state index contributed by atoms with van der Waals surface area (Å²) in [7, 11) is 0. The molecule has 0 radical (unpaired) electrons. The minimum Gasteiger partial charge on any atom is -0.457 e. The molecule has 0 fully saturated rings. The highest BCUT2D eigenvalue weighted by atomic mass is 19.1. The van der Waals surface area contributed by atoms with Crippen LogP contribution in [-0.2, 0) is 0 Å². The molecular formula is C38H23F2N5O2. The molecule has 0 amide bonds. The Labute approximate surface area is 267 Å². The van der Waals surface area contributed by atoms with Crippen molar-refractivity contribution in [2.24, 2.45) is 0 Å². The van der Waals surface area contributed by atoms with Crippen molar-refractivity contribution >= 4 is 21.8 Å². The van der Waals surface area contributed by atoms with Gasteiger partial charge in [-0.15, -0.1) is 0 Å². The topological polar surface area (TPSA) is 75.0 Å². The van der Waals surface area contributed by atoms with Gasteiger partial charge in [-0.25, -0.2) is 18.7 Å². The van der Waals surface area contributed by atoms with Crippen LogP contribution in [0.2, 0.25) is 0 Å². The molecule has 0 unspecified atom stereocenters. The van der Waals surface area contributed by atoms with Gasteiger partial charge in [-0.3, -0.25) is 14.5 Å². The van der Waals surface area contributed by atoms with Crippen molar-refractivity contribution < 1.29 is 18.3 Å². The van der Waals surface area contributed by atoms with Gasteiger partial charge in [-0.05, 0) is 78.9 Å². The van der Waals surface area contributed by atoms with Gasteiger partial charge < -0.3 is 9.47 Å². The molecule has 4 aromatic heterocycles. The Bertz CT molecular complexity index is 2260. The van der Waals surface area contributed by atoms with Crippen molar-refractivity contribution in [1.82, 2.24) is 24.5 Å². The van der Waals surface area contributed by atoms with Crippen LogP contribution in [0.25, 0.3) is 50.3 Å². The van der Waals surface area contributed by atoms with Crippen molar-refractivity contribution in [2.45, 2.75) is 0 Å². The third-order valence-corrected chi connectivity index (χ3v) is 7.67. The fraction of sp³-hybridized carbons (Fsp3) is 0. The molecule has 0 atom stereocenters. The molecule has 9 heteroatoms. The molecule has 0 aliphatic rings. The van der Waals surface area contributed by atoms with Crippen LogP contribution in [0.4, 0.5) is 8.78 Å². The fourth-order valence-corrected chi connectivity index (χ4v) is 5.61. The molecule has 0 spiro atoms. The smallest absolute Gasteiger partial charge is 0.234 e. The molecule has 0 bridgehead atoms. The first-order chi connectivity index (χ1) is 23.1. The number of halogens is 2. The summed E-state index contributed by atoms with van der Waals surface area (Å²) in [4.78, 5) is 17.5. The molecule has 226 valence electrons. The number of fused-ring (bicyclic) bond motifs is 3. The van der Waals surface area contributed by atoms with Gasteiger partial charge >= 0.3 is 0 Å². The summed E-state index contributed by atoms with van der Waals surface area (Å²) in [6.45, 7) is 0. The average molecular weight is 620 g/mol. The van der Waals surface area contributed by atoms with Gasteiger partial charge in [0.2, 0.25) is 5.95 Å². The van der Waals surface area contributed by atoms with Crippen LogP contribution in [0.5, 0.6) is 23.0 Å². The summed E-state index contributed by atoms with van der Waals surface area (Å²) in [6, 6.07) is 33.5. The van der Waals surface area contributed by atoms with E-state index in [1.165, 1.54) is 12.1 Å². The Morgan fingerprint density at radius 2 is 0.915 bits per heavy atom. The van der Waals surface area contributed by atoms with E-state index in [1.54, 1.807) is 79.4 Å². The highest BCUT2D eigenvalue weighted by molar-refractivity contribution is 6.09. The summed E-state index contributed by atoms with van der Waals surface area (Å²) in [5, 5.41) is 1.92. The van der Waals surface area contributed by atoms with E-state index in [4.69, 9.17) is 9.47 Å². The third kappa shape index (κ3) is 5.40. The minimum atomic E-state index is -0.406. The number of aromatic nitrogens is 5. The standard InChI is InChI=1S/C38H23F2N5O2/c39-32-10-3-16-41-36(32)24-6-1-8-26(20-24)46-28-12-14-30-31-15-13-29(23-35(31)45(34(30)22-28)38-43-18-5-19-44-38)47-27-9-2-7-25(21-27)37-33(40)11-4-17-42-37/h1-23H. The molecule has 4 heterocycles. The molecular weight excluding hydrogens is 596 g/mol. The van der Waals surface area contributed by atoms with E-state index < -0.39 is 11.6 Å². The van der Waals surface area contributed by atoms with Gasteiger partial charge in [0.1, 0.15) is 46.0 Å². The van der Waals surface area contributed by atoms with Crippen LogP contribution in [0.3, 0.4) is 0 Å². The van der Waals surface area contributed by atoms with Gasteiger partial charge in [-0.1, -0.05) is 24.3 Å². The summed E-state index contributed by atoms with van der Waals surface area (Å²) in [5.74, 6) is 1.88. The van der Waals surface area contributed by atoms with Crippen LogP contribution < -0.4 is 9.47 Å². The lowest BCUT2D eigenvalue weighted by molar-refractivity contribution is 0.483. The van der Waals surface area contributed by atoms with Gasteiger partial charge in [-0.2, -0.15) is 0 Å². The number of benzene rings is 4. The number of nitrogens with zero attached hydrogens (tertiary/aromatic N) is 5. The molecule has 0 N–H and O–H groups in total. The van der Waals surface area contributed by atoms with E-state index in [0.717, 1.165) is 21.8 Å². The molecule has 0 aliphatic carbocycles. The first-order valence-corrected chi connectivity index (χ1v) is 14.7. The number of pyridine rings is 2. The Kier molecular flexibility index (Phi) is 7.03. The second-order valence-electron chi connectivity index (χ2n) is 10.7. The zero-order valence-electron chi connectivity index (χ0n) is 24.6. The predicted octanol–water partition coefficient (Wildman–Crippen LogP) is 9.56. The van der Waals surface area contributed by atoms with Gasteiger partial charge in [0, 0.05) is 58.8 Å². The van der Waals surface area contributed by atoms with Crippen molar-refractivity contribution in [2.75, 3.05) is 0 Å². The molecule has 7 nitrogen and oxygen atoms in total. The van der Waals surface area contributed by atoms with Crippen LogP contribution in [0, 0.1) is 11.6 Å². The highest BCUT2D eigenvalue weighted by Gasteiger charge is 2.17. The van der Waals surface area contributed by atoms with E-state index in [-0.39, 0.29) is 11.4 Å². The van der Waals surface area contributed by atoms with Crippen molar-refractivity contribution in [3.63, 3.8) is 0 Å². The second kappa shape index (κ2) is 11.8. The fourth-order valence-electron chi connectivity index (χ4n) is 5.61. The molecule has 0 aliphatic heterocycles. The molecule has 8 aromatic rings. The maximum absolute atomic E-state index is 14.4. The molecule has 8 rings (SSSR count). The molecule has 4 aromatic carbocycles. The molecule has 47 heavy (non-hydrogen) atoms. The van der Waals surface area contributed by atoms with Gasteiger partial charge in [0.15, 0.2) is 0 Å². The first kappa shape index (κ1) is 28.0. The lowest BCUT2D eigenvalue weighted by Crippen LogP contribution is -2.00. The second-order valence-corrected chi connectivity index (χ2v) is 10.7. The lowest BCUT2D eigenvalue weighted by atomic mass is 10.1. The van der Waals surface area contributed by atoms with Gasteiger partial charge in [0.05, 0.1) is 11.0 Å². The number of rotatable bonds is 7.